The highest BCUT2D eigenvalue weighted by Crippen LogP contribution is 2.29. The lowest BCUT2D eigenvalue weighted by molar-refractivity contribution is 0.133. The third-order valence-electron chi connectivity index (χ3n) is 4.68. The van der Waals surface area contributed by atoms with Crippen molar-refractivity contribution in [3.63, 3.8) is 0 Å². The first-order valence-corrected chi connectivity index (χ1v) is 7.67. The maximum Gasteiger partial charge on any atom is 0.0473 e. The molecule has 19 heavy (non-hydrogen) atoms. The van der Waals surface area contributed by atoms with Gasteiger partial charge in [-0.15, -0.1) is 0 Å². The van der Waals surface area contributed by atoms with E-state index in [9.17, 15) is 0 Å². The molecular formula is C17H28N2. The minimum Gasteiger partial charge on any atom is -0.329 e. The second kappa shape index (κ2) is 6.53. The molecule has 1 heterocycles. The maximum atomic E-state index is 6.08. The number of piperidine rings is 1. The Morgan fingerprint density at radius 2 is 1.95 bits per heavy atom. The Morgan fingerprint density at radius 3 is 2.53 bits per heavy atom. The molecule has 1 saturated heterocycles. The fourth-order valence-corrected chi connectivity index (χ4v) is 3.26. The molecule has 1 fully saturated rings. The summed E-state index contributed by atoms with van der Waals surface area (Å²) in [4.78, 5) is 2.59. The molecule has 2 heteroatoms. The SMILES string of the molecule is CCC1CCN(C(CN)c2cc(C)ccc2C)CC1. The summed E-state index contributed by atoms with van der Waals surface area (Å²) in [5.41, 5.74) is 10.2. The largest absolute Gasteiger partial charge is 0.329 e. The van der Waals surface area contributed by atoms with Crippen LogP contribution >= 0.6 is 0 Å². The van der Waals surface area contributed by atoms with Gasteiger partial charge >= 0.3 is 0 Å². The van der Waals surface area contributed by atoms with Gasteiger partial charge in [0.05, 0.1) is 0 Å². The molecule has 0 bridgehead atoms. The van der Waals surface area contributed by atoms with E-state index in [1.165, 1.54) is 49.0 Å². The number of nitrogens with zero attached hydrogens (tertiary/aromatic N) is 1. The molecule has 2 rings (SSSR count). The van der Waals surface area contributed by atoms with Crippen molar-refractivity contribution in [2.45, 2.75) is 46.1 Å². The number of likely N-dealkylation sites (tertiary alicyclic amines) is 1. The fourth-order valence-electron chi connectivity index (χ4n) is 3.26. The monoisotopic (exact) mass is 260 g/mol. The smallest absolute Gasteiger partial charge is 0.0473 e. The Kier molecular flexibility index (Phi) is 5.00. The predicted molar refractivity (Wildman–Crippen MR) is 82.3 cm³/mol. The molecule has 1 aromatic carbocycles. The number of benzene rings is 1. The highest BCUT2D eigenvalue weighted by molar-refractivity contribution is 5.33. The molecule has 1 unspecified atom stereocenters. The van der Waals surface area contributed by atoms with Gasteiger partial charge in [0.15, 0.2) is 0 Å². The van der Waals surface area contributed by atoms with E-state index < -0.39 is 0 Å². The van der Waals surface area contributed by atoms with Gasteiger partial charge in [0.25, 0.3) is 0 Å². The van der Waals surface area contributed by atoms with E-state index in [1.54, 1.807) is 0 Å². The molecule has 0 saturated carbocycles. The average Bonchev–Trinajstić information content (AvgIpc) is 2.44. The maximum absolute atomic E-state index is 6.08. The summed E-state index contributed by atoms with van der Waals surface area (Å²) in [7, 11) is 0. The third kappa shape index (κ3) is 3.37. The topological polar surface area (TPSA) is 29.3 Å². The molecule has 1 aliphatic rings. The van der Waals surface area contributed by atoms with Crippen molar-refractivity contribution in [3.05, 3.63) is 34.9 Å². The lowest BCUT2D eigenvalue weighted by Crippen LogP contribution is -2.40. The summed E-state index contributed by atoms with van der Waals surface area (Å²) >= 11 is 0. The highest BCUT2D eigenvalue weighted by atomic mass is 15.2. The van der Waals surface area contributed by atoms with Gasteiger partial charge in [-0.2, -0.15) is 0 Å². The summed E-state index contributed by atoms with van der Waals surface area (Å²) in [6.45, 7) is 9.81. The lowest BCUT2D eigenvalue weighted by atomic mass is 9.91. The molecular weight excluding hydrogens is 232 g/mol. The number of aryl methyl sites for hydroxylation is 2. The van der Waals surface area contributed by atoms with Crippen molar-refractivity contribution in [2.24, 2.45) is 11.7 Å². The van der Waals surface area contributed by atoms with Gasteiger partial charge in [0, 0.05) is 12.6 Å². The van der Waals surface area contributed by atoms with E-state index in [0.29, 0.717) is 6.04 Å². The fraction of sp³-hybridized carbons (Fsp3) is 0.647. The quantitative estimate of drug-likeness (QED) is 0.898. The van der Waals surface area contributed by atoms with Gasteiger partial charge in [-0.1, -0.05) is 37.1 Å². The van der Waals surface area contributed by atoms with E-state index in [-0.39, 0.29) is 0 Å². The van der Waals surface area contributed by atoms with Crippen molar-refractivity contribution in [2.75, 3.05) is 19.6 Å². The molecule has 106 valence electrons. The minimum atomic E-state index is 0.401. The summed E-state index contributed by atoms with van der Waals surface area (Å²) in [6.07, 6.45) is 3.99. The van der Waals surface area contributed by atoms with Crippen LogP contribution in [-0.4, -0.2) is 24.5 Å². The van der Waals surface area contributed by atoms with Crippen molar-refractivity contribution in [1.29, 1.82) is 0 Å². The van der Waals surface area contributed by atoms with Crippen molar-refractivity contribution >= 4 is 0 Å². The molecule has 1 aliphatic heterocycles. The Morgan fingerprint density at radius 1 is 1.26 bits per heavy atom. The van der Waals surface area contributed by atoms with E-state index in [0.717, 1.165) is 12.5 Å². The summed E-state index contributed by atoms with van der Waals surface area (Å²) in [5.74, 6) is 0.924. The third-order valence-corrected chi connectivity index (χ3v) is 4.68. The van der Waals surface area contributed by atoms with Crippen LogP contribution in [0.1, 0.15) is 48.9 Å². The van der Waals surface area contributed by atoms with Gasteiger partial charge in [-0.25, -0.2) is 0 Å². The first kappa shape index (κ1) is 14.5. The number of rotatable bonds is 4. The second-order valence-electron chi connectivity index (χ2n) is 6.00. The Bertz CT molecular complexity index is 406. The van der Waals surface area contributed by atoms with Crippen molar-refractivity contribution in [3.8, 4) is 0 Å². The van der Waals surface area contributed by atoms with Gasteiger partial charge in [-0.3, -0.25) is 4.90 Å². The normalized spacial score (nSPS) is 19.6. The predicted octanol–water partition coefficient (Wildman–Crippen LogP) is 3.43. The Labute approximate surface area is 118 Å². The van der Waals surface area contributed by atoms with Crippen LogP contribution in [-0.2, 0) is 0 Å². The van der Waals surface area contributed by atoms with Crippen LogP contribution in [0, 0.1) is 19.8 Å². The molecule has 2 N–H and O–H groups in total. The molecule has 0 amide bonds. The first-order valence-electron chi connectivity index (χ1n) is 7.67. The zero-order valence-electron chi connectivity index (χ0n) is 12.7. The van der Waals surface area contributed by atoms with Crippen LogP contribution in [0.5, 0.6) is 0 Å². The van der Waals surface area contributed by atoms with Gasteiger partial charge in [0.2, 0.25) is 0 Å². The van der Waals surface area contributed by atoms with Gasteiger partial charge in [-0.05, 0) is 56.8 Å². The van der Waals surface area contributed by atoms with Gasteiger partial charge in [0.1, 0.15) is 0 Å². The van der Waals surface area contributed by atoms with E-state index in [1.807, 2.05) is 0 Å². The molecule has 1 atom stereocenters. The van der Waals surface area contributed by atoms with Crippen LogP contribution in [0.25, 0.3) is 0 Å². The van der Waals surface area contributed by atoms with Crippen LogP contribution in [0.4, 0.5) is 0 Å². The molecule has 0 aromatic heterocycles. The van der Waals surface area contributed by atoms with Crippen LogP contribution < -0.4 is 5.73 Å². The van der Waals surface area contributed by atoms with Crippen LogP contribution in [0.3, 0.4) is 0 Å². The number of hydrogen-bond donors (Lipinski definition) is 1. The van der Waals surface area contributed by atoms with E-state index in [4.69, 9.17) is 5.73 Å². The zero-order chi connectivity index (χ0) is 13.8. The highest BCUT2D eigenvalue weighted by Gasteiger charge is 2.25. The Hall–Kier alpha value is -0.860. The summed E-state index contributed by atoms with van der Waals surface area (Å²) in [5, 5.41) is 0. The van der Waals surface area contributed by atoms with Gasteiger partial charge < -0.3 is 5.73 Å². The summed E-state index contributed by atoms with van der Waals surface area (Å²) < 4.78 is 0. The first-order chi connectivity index (χ1) is 9.15. The zero-order valence-corrected chi connectivity index (χ0v) is 12.7. The second-order valence-corrected chi connectivity index (χ2v) is 6.00. The molecule has 0 aliphatic carbocycles. The van der Waals surface area contributed by atoms with Crippen molar-refractivity contribution < 1.29 is 0 Å². The molecule has 1 aromatic rings. The Balaban J connectivity index is 2.14. The molecule has 0 spiro atoms. The molecule has 2 nitrogen and oxygen atoms in total. The number of nitrogens with two attached hydrogens (primary N) is 1. The standard InChI is InChI=1S/C17H28N2/c1-4-15-7-9-19(10-8-15)17(12-18)16-11-13(2)5-6-14(16)3/h5-6,11,15,17H,4,7-10,12,18H2,1-3H3. The molecule has 0 radical (unpaired) electrons. The lowest BCUT2D eigenvalue weighted by Gasteiger charge is -2.37. The number of hydrogen-bond acceptors (Lipinski definition) is 2. The van der Waals surface area contributed by atoms with Crippen LogP contribution in [0.15, 0.2) is 18.2 Å². The van der Waals surface area contributed by atoms with E-state index >= 15 is 0 Å². The van der Waals surface area contributed by atoms with E-state index in [2.05, 4.69) is 43.9 Å². The van der Waals surface area contributed by atoms with Crippen molar-refractivity contribution in [1.82, 2.24) is 4.90 Å². The minimum absolute atomic E-state index is 0.401. The average molecular weight is 260 g/mol. The van der Waals surface area contributed by atoms with Crippen LogP contribution in [0.2, 0.25) is 0 Å². The summed E-state index contributed by atoms with van der Waals surface area (Å²) in [6, 6.07) is 7.14.